The van der Waals surface area contributed by atoms with E-state index in [1.165, 1.54) is 26.0 Å². The van der Waals surface area contributed by atoms with Crippen molar-refractivity contribution in [1.82, 2.24) is 0 Å². The van der Waals surface area contributed by atoms with E-state index in [9.17, 15) is 9.59 Å². The number of ether oxygens (including phenoxy) is 3. The number of anilines is 2. The first kappa shape index (κ1) is 19.1. The van der Waals surface area contributed by atoms with Crippen molar-refractivity contribution in [3.63, 3.8) is 0 Å². The second kappa shape index (κ2) is 8.75. The summed E-state index contributed by atoms with van der Waals surface area (Å²) < 4.78 is 15.5. The summed E-state index contributed by atoms with van der Waals surface area (Å²) in [6, 6.07) is 12.0. The van der Waals surface area contributed by atoms with Crippen LogP contribution in [-0.4, -0.2) is 39.7 Å². The number of methoxy groups -OCH3 is 3. The molecule has 0 aliphatic rings. The zero-order valence-electron chi connectivity index (χ0n) is 15.2. The smallest absolute Gasteiger partial charge is 0.244 e. The van der Waals surface area contributed by atoms with Crippen molar-refractivity contribution in [3.8, 4) is 17.2 Å². The number of carbonyl (C=O) groups excluding carboxylic acids is 2. The van der Waals surface area contributed by atoms with Crippen LogP contribution in [0.15, 0.2) is 42.5 Å². The normalized spacial score (nSPS) is 10.0. The number of nitrogens with zero attached hydrogens (tertiary/aromatic N) is 1. The SMILES string of the molecule is COc1ccc(N(CC(=O)Nc2cc(OC)ccc2OC)C(C)=O)cc1. The molecule has 0 aliphatic carbocycles. The highest BCUT2D eigenvalue weighted by Gasteiger charge is 2.17. The minimum atomic E-state index is -0.359. The van der Waals surface area contributed by atoms with Gasteiger partial charge in [0.1, 0.15) is 23.8 Å². The van der Waals surface area contributed by atoms with Gasteiger partial charge in [-0.05, 0) is 36.4 Å². The highest BCUT2D eigenvalue weighted by Crippen LogP contribution is 2.29. The summed E-state index contributed by atoms with van der Waals surface area (Å²) in [6.07, 6.45) is 0. The van der Waals surface area contributed by atoms with E-state index in [0.29, 0.717) is 28.6 Å². The highest BCUT2D eigenvalue weighted by molar-refractivity contribution is 6.02. The fourth-order valence-corrected chi connectivity index (χ4v) is 2.39. The fraction of sp³-hybridized carbons (Fsp3) is 0.263. The van der Waals surface area contributed by atoms with Crippen molar-refractivity contribution in [2.75, 3.05) is 38.1 Å². The van der Waals surface area contributed by atoms with Gasteiger partial charge in [-0.1, -0.05) is 0 Å². The number of nitrogens with one attached hydrogen (secondary N) is 1. The van der Waals surface area contributed by atoms with Crippen molar-refractivity contribution in [2.45, 2.75) is 6.92 Å². The summed E-state index contributed by atoms with van der Waals surface area (Å²) in [4.78, 5) is 25.8. The Kier molecular flexibility index (Phi) is 6.43. The van der Waals surface area contributed by atoms with Crippen molar-refractivity contribution in [3.05, 3.63) is 42.5 Å². The van der Waals surface area contributed by atoms with Gasteiger partial charge in [0.2, 0.25) is 11.8 Å². The Bertz CT molecular complexity index is 774. The fourth-order valence-electron chi connectivity index (χ4n) is 2.39. The molecular formula is C19H22N2O5. The number of hydrogen-bond donors (Lipinski definition) is 1. The molecule has 7 nitrogen and oxygen atoms in total. The Labute approximate surface area is 152 Å². The molecule has 2 aromatic rings. The van der Waals surface area contributed by atoms with Gasteiger partial charge in [0.25, 0.3) is 0 Å². The molecule has 7 heteroatoms. The molecule has 2 amide bonds. The van der Waals surface area contributed by atoms with E-state index >= 15 is 0 Å². The number of rotatable bonds is 7. The summed E-state index contributed by atoms with van der Waals surface area (Å²) >= 11 is 0. The monoisotopic (exact) mass is 358 g/mol. The standard InChI is InChI=1S/C19H22N2O5/c1-13(22)21(14-5-7-15(24-2)8-6-14)12-19(23)20-17-11-16(25-3)9-10-18(17)26-4/h5-11H,12H2,1-4H3,(H,20,23). The lowest BCUT2D eigenvalue weighted by Gasteiger charge is -2.21. The lowest BCUT2D eigenvalue weighted by atomic mass is 10.2. The van der Waals surface area contributed by atoms with Gasteiger partial charge in [0, 0.05) is 18.7 Å². The summed E-state index contributed by atoms with van der Waals surface area (Å²) in [6.45, 7) is 1.27. The van der Waals surface area contributed by atoms with Crippen LogP contribution in [0, 0.1) is 0 Å². The Balaban J connectivity index is 2.16. The van der Waals surface area contributed by atoms with Crippen molar-refractivity contribution < 1.29 is 23.8 Å². The average Bonchev–Trinajstić information content (AvgIpc) is 2.66. The number of carbonyl (C=O) groups is 2. The molecule has 0 unspecified atom stereocenters. The largest absolute Gasteiger partial charge is 0.497 e. The van der Waals surface area contributed by atoms with Gasteiger partial charge in [-0.3, -0.25) is 9.59 Å². The van der Waals surface area contributed by atoms with Crippen LogP contribution < -0.4 is 24.4 Å². The minimum absolute atomic E-state index is 0.137. The van der Waals surface area contributed by atoms with Crippen molar-refractivity contribution in [2.24, 2.45) is 0 Å². The molecule has 0 heterocycles. The second-order valence-electron chi connectivity index (χ2n) is 5.42. The molecule has 0 saturated heterocycles. The van der Waals surface area contributed by atoms with Gasteiger partial charge in [-0.2, -0.15) is 0 Å². The van der Waals surface area contributed by atoms with Crippen LogP contribution in [0.3, 0.4) is 0 Å². The predicted octanol–water partition coefficient (Wildman–Crippen LogP) is 2.70. The molecule has 0 fully saturated rings. The van der Waals surface area contributed by atoms with Gasteiger partial charge in [-0.15, -0.1) is 0 Å². The lowest BCUT2D eigenvalue weighted by Crippen LogP contribution is -2.36. The first-order valence-corrected chi connectivity index (χ1v) is 7.92. The maximum atomic E-state index is 12.5. The van der Waals surface area contributed by atoms with E-state index in [4.69, 9.17) is 14.2 Å². The number of hydrogen-bond acceptors (Lipinski definition) is 5. The molecule has 0 aromatic heterocycles. The van der Waals surface area contributed by atoms with Crippen LogP contribution in [-0.2, 0) is 9.59 Å². The molecule has 26 heavy (non-hydrogen) atoms. The first-order chi connectivity index (χ1) is 12.5. The zero-order chi connectivity index (χ0) is 19.1. The lowest BCUT2D eigenvalue weighted by molar-refractivity contribution is -0.120. The van der Waals surface area contributed by atoms with Crippen LogP contribution in [0.1, 0.15) is 6.92 Å². The summed E-state index contributed by atoms with van der Waals surface area (Å²) in [5.41, 5.74) is 1.07. The van der Waals surface area contributed by atoms with E-state index in [1.807, 2.05) is 0 Å². The van der Waals surface area contributed by atoms with E-state index in [1.54, 1.807) is 49.6 Å². The number of benzene rings is 2. The van der Waals surface area contributed by atoms with E-state index in [2.05, 4.69) is 5.32 Å². The summed E-state index contributed by atoms with van der Waals surface area (Å²) in [7, 11) is 4.61. The molecule has 0 radical (unpaired) electrons. The van der Waals surface area contributed by atoms with Gasteiger partial charge in [0.15, 0.2) is 0 Å². The maximum Gasteiger partial charge on any atom is 0.244 e. The quantitative estimate of drug-likeness (QED) is 0.823. The first-order valence-electron chi connectivity index (χ1n) is 7.92. The molecule has 2 aromatic carbocycles. The molecule has 1 N–H and O–H groups in total. The second-order valence-corrected chi connectivity index (χ2v) is 5.42. The third-order valence-corrected chi connectivity index (χ3v) is 3.75. The molecule has 0 spiro atoms. The number of amides is 2. The predicted molar refractivity (Wildman–Crippen MR) is 99.2 cm³/mol. The highest BCUT2D eigenvalue weighted by atomic mass is 16.5. The van der Waals surface area contributed by atoms with Gasteiger partial charge < -0.3 is 24.4 Å². The Hall–Kier alpha value is -3.22. The topological polar surface area (TPSA) is 77.1 Å². The maximum absolute atomic E-state index is 12.5. The van der Waals surface area contributed by atoms with E-state index < -0.39 is 0 Å². The molecule has 0 bridgehead atoms. The van der Waals surface area contributed by atoms with E-state index in [0.717, 1.165) is 0 Å². The van der Waals surface area contributed by atoms with Crippen molar-refractivity contribution in [1.29, 1.82) is 0 Å². The van der Waals surface area contributed by atoms with Crippen LogP contribution in [0.2, 0.25) is 0 Å². The Morgan fingerprint density at radius 3 is 2.08 bits per heavy atom. The van der Waals surface area contributed by atoms with Crippen LogP contribution in [0.5, 0.6) is 17.2 Å². The third kappa shape index (κ3) is 4.66. The Morgan fingerprint density at radius 2 is 1.54 bits per heavy atom. The van der Waals surface area contributed by atoms with Crippen LogP contribution in [0.25, 0.3) is 0 Å². The molecule has 0 aliphatic heterocycles. The zero-order valence-corrected chi connectivity index (χ0v) is 15.2. The molecule has 138 valence electrons. The Morgan fingerprint density at radius 1 is 0.923 bits per heavy atom. The summed E-state index contributed by atoms with van der Waals surface area (Å²) in [5.74, 6) is 1.14. The molecule has 0 atom stereocenters. The van der Waals surface area contributed by atoms with Gasteiger partial charge in [0.05, 0.1) is 27.0 Å². The third-order valence-electron chi connectivity index (χ3n) is 3.75. The molecule has 0 saturated carbocycles. The van der Waals surface area contributed by atoms with Gasteiger partial charge in [-0.25, -0.2) is 0 Å². The summed E-state index contributed by atoms with van der Waals surface area (Å²) in [5, 5.41) is 2.75. The van der Waals surface area contributed by atoms with Crippen LogP contribution >= 0.6 is 0 Å². The minimum Gasteiger partial charge on any atom is -0.497 e. The molecular weight excluding hydrogens is 336 g/mol. The van der Waals surface area contributed by atoms with Gasteiger partial charge >= 0.3 is 0 Å². The average molecular weight is 358 g/mol. The van der Waals surface area contributed by atoms with E-state index in [-0.39, 0.29) is 18.4 Å². The van der Waals surface area contributed by atoms with Crippen LogP contribution in [0.4, 0.5) is 11.4 Å². The molecule has 2 rings (SSSR count). The van der Waals surface area contributed by atoms with Crippen molar-refractivity contribution >= 4 is 23.2 Å².